The normalized spacial score (nSPS) is 12.9. The Hall–Kier alpha value is -1.65. The summed E-state index contributed by atoms with van der Waals surface area (Å²) in [6.45, 7) is 2.11. The summed E-state index contributed by atoms with van der Waals surface area (Å²) < 4.78 is 40.0. The van der Waals surface area contributed by atoms with Gasteiger partial charge in [-0.3, -0.25) is 4.68 Å². The number of methoxy groups -OCH3 is 2. The third kappa shape index (κ3) is 4.21. The largest absolute Gasteiger partial charge is 0.493 e. The second-order valence-electron chi connectivity index (χ2n) is 4.78. The standard InChI is InChI=1S/C13H17BrN4O4S/c1-9(6-18-8-15-7-16-18)17-23(19,20)13-5-12(22-3)11(21-2)4-10(13)14/h4-5,7-9,17H,6H2,1-3H3. The van der Waals surface area contributed by atoms with Gasteiger partial charge < -0.3 is 9.47 Å². The van der Waals surface area contributed by atoms with E-state index in [0.717, 1.165) is 0 Å². The van der Waals surface area contributed by atoms with E-state index in [9.17, 15) is 8.42 Å². The predicted molar refractivity (Wildman–Crippen MR) is 87.1 cm³/mol. The number of ether oxygens (including phenoxy) is 2. The Labute approximate surface area is 143 Å². The Balaban J connectivity index is 2.25. The minimum atomic E-state index is -3.74. The third-order valence-electron chi connectivity index (χ3n) is 3.01. The van der Waals surface area contributed by atoms with Gasteiger partial charge in [0.25, 0.3) is 0 Å². The van der Waals surface area contributed by atoms with Gasteiger partial charge in [0.15, 0.2) is 11.5 Å². The zero-order valence-corrected chi connectivity index (χ0v) is 15.3. The Morgan fingerprint density at radius 1 is 1.30 bits per heavy atom. The van der Waals surface area contributed by atoms with Gasteiger partial charge in [-0.25, -0.2) is 18.1 Å². The average Bonchev–Trinajstić information content (AvgIpc) is 2.98. The molecule has 23 heavy (non-hydrogen) atoms. The lowest BCUT2D eigenvalue weighted by Gasteiger charge is -2.16. The topological polar surface area (TPSA) is 95.3 Å². The average molecular weight is 405 g/mol. The maximum Gasteiger partial charge on any atom is 0.242 e. The van der Waals surface area contributed by atoms with Crippen LogP contribution in [-0.2, 0) is 16.6 Å². The number of rotatable bonds is 7. The van der Waals surface area contributed by atoms with E-state index >= 15 is 0 Å². The molecule has 0 spiro atoms. The number of hydrogen-bond acceptors (Lipinski definition) is 6. The van der Waals surface area contributed by atoms with Gasteiger partial charge in [0, 0.05) is 16.6 Å². The van der Waals surface area contributed by atoms with Gasteiger partial charge in [-0.05, 0) is 28.9 Å². The minimum absolute atomic E-state index is 0.0700. The molecule has 1 aromatic heterocycles. The summed E-state index contributed by atoms with van der Waals surface area (Å²) in [6, 6.07) is 2.59. The predicted octanol–water partition coefficient (Wildman–Crippen LogP) is 1.42. The molecule has 0 fully saturated rings. The summed E-state index contributed by atoms with van der Waals surface area (Å²) in [7, 11) is -0.814. The minimum Gasteiger partial charge on any atom is -0.493 e. The lowest BCUT2D eigenvalue weighted by Crippen LogP contribution is -2.36. The second-order valence-corrected chi connectivity index (χ2v) is 7.31. The molecule has 1 atom stereocenters. The highest BCUT2D eigenvalue weighted by Gasteiger charge is 2.23. The van der Waals surface area contributed by atoms with E-state index in [2.05, 4.69) is 30.7 Å². The third-order valence-corrected chi connectivity index (χ3v) is 5.56. The van der Waals surface area contributed by atoms with Crippen molar-refractivity contribution in [1.29, 1.82) is 0 Å². The van der Waals surface area contributed by atoms with Crippen molar-refractivity contribution in [1.82, 2.24) is 19.5 Å². The van der Waals surface area contributed by atoms with Crippen LogP contribution in [0.25, 0.3) is 0 Å². The monoisotopic (exact) mass is 404 g/mol. The molecule has 1 N–H and O–H groups in total. The van der Waals surface area contributed by atoms with Crippen molar-refractivity contribution in [3.63, 3.8) is 0 Å². The highest BCUT2D eigenvalue weighted by Crippen LogP contribution is 2.35. The van der Waals surface area contributed by atoms with E-state index in [1.54, 1.807) is 17.7 Å². The summed E-state index contributed by atoms with van der Waals surface area (Å²) in [4.78, 5) is 3.89. The molecular weight excluding hydrogens is 388 g/mol. The molecule has 2 rings (SSSR count). The Kier molecular flexibility index (Phi) is 5.60. The number of hydrogen-bond donors (Lipinski definition) is 1. The molecular formula is C13H17BrN4O4S. The first-order chi connectivity index (χ1) is 10.9. The van der Waals surface area contributed by atoms with Crippen molar-refractivity contribution in [3.8, 4) is 11.5 Å². The first kappa shape index (κ1) is 17.7. The van der Waals surface area contributed by atoms with E-state index in [0.29, 0.717) is 22.5 Å². The number of sulfonamides is 1. The molecule has 0 radical (unpaired) electrons. The molecule has 1 unspecified atom stereocenters. The van der Waals surface area contributed by atoms with Crippen molar-refractivity contribution in [2.75, 3.05) is 14.2 Å². The summed E-state index contributed by atoms with van der Waals surface area (Å²) in [5.41, 5.74) is 0. The van der Waals surface area contributed by atoms with Crippen LogP contribution in [0, 0.1) is 0 Å². The molecule has 8 nitrogen and oxygen atoms in total. The van der Waals surface area contributed by atoms with Crippen LogP contribution in [0.3, 0.4) is 0 Å². The highest BCUT2D eigenvalue weighted by atomic mass is 79.9. The lowest BCUT2D eigenvalue weighted by molar-refractivity contribution is 0.353. The summed E-state index contributed by atoms with van der Waals surface area (Å²) >= 11 is 3.26. The Morgan fingerprint density at radius 2 is 1.96 bits per heavy atom. The van der Waals surface area contributed by atoms with Crippen molar-refractivity contribution >= 4 is 26.0 Å². The quantitative estimate of drug-likeness (QED) is 0.749. The molecule has 2 aromatic rings. The molecule has 0 saturated carbocycles. The van der Waals surface area contributed by atoms with Gasteiger partial charge in [-0.15, -0.1) is 0 Å². The fourth-order valence-electron chi connectivity index (χ4n) is 2.01. The zero-order chi connectivity index (χ0) is 17.0. The summed E-state index contributed by atoms with van der Waals surface area (Å²) in [6.07, 6.45) is 2.92. The van der Waals surface area contributed by atoms with Crippen LogP contribution in [0.5, 0.6) is 11.5 Å². The molecule has 0 bridgehead atoms. The van der Waals surface area contributed by atoms with Crippen LogP contribution < -0.4 is 14.2 Å². The highest BCUT2D eigenvalue weighted by molar-refractivity contribution is 9.10. The zero-order valence-electron chi connectivity index (χ0n) is 12.9. The maximum absolute atomic E-state index is 12.6. The van der Waals surface area contributed by atoms with E-state index in [4.69, 9.17) is 9.47 Å². The molecule has 0 aliphatic carbocycles. The number of halogens is 1. The van der Waals surface area contributed by atoms with Crippen LogP contribution in [0.15, 0.2) is 34.2 Å². The number of benzene rings is 1. The maximum atomic E-state index is 12.6. The fourth-order valence-corrected chi connectivity index (χ4v) is 4.29. The van der Waals surface area contributed by atoms with Crippen molar-refractivity contribution < 1.29 is 17.9 Å². The first-order valence-electron chi connectivity index (χ1n) is 6.63. The van der Waals surface area contributed by atoms with Crippen LogP contribution in [0.4, 0.5) is 0 Å². The smallest absolute Gasteiger partial charge is 0.242 e. The number of aromatic nitrogens is 3. The van der Waals surface area contributed by atoms with Gasteiger partial charge in [0.2, 0.25) is 10.0 Å². The van der Waals surface area contributed by atoms with Gasteiger partial charge in [0.1, 0.15) is 17.6 Å². The van der Waals surface area contributed by atoms with Crippen molar-refractivity contribution in [3.05, 3.63) is 29.3 Å². The SMILES string of the molecule is COc1cc(Br)c(S(=O)(=O)NC(C)Cn2cncn2)cc1OC. The van der Waals surface area contributed by atoms with Gasteiger partial charge in [-0.1, -0.05) is 0 Å². The van der Waals surface area contributed by atoms with Crippen LogP contribution in [-0.4, -0.2) is 43.4 Å². The lowest BCUT2D eigenvalue weighted by atomic mass is 10.3. The molecule has 1 aromatic carbocycles. The van der Waals surface area contributed by atoms with E-state index in [1.807, 2.05) is 0 Å². The number of nitrogens with zero attached hydrogens (tertiary/aromatic N) is 3. The first-order valence-corrected chi connectivity index (χ1v) is 8.91. The Morgan fingerprint density at radius 3 is 2.52 bits per heavy atom. The Bertz CT molecular complexity index is 765. The molecule has 0 aliphatic rings. The van der Waals surface area contributed by atoms with Crippen LogP contribution in [0.2, 0.25) is 0 Å². The van der Waals surface area contributed by atoms with E-state index in [1.165, 1.54) is 32.9 Å². The van der Waals surface area contributed by atoms with E-state index < -0.39 is 10.0 Å². The molecule has 0 saturated heterocycles. The van der Waals surface area contributed by atoms with Crippen molar-refractivity contribution in [2.24, 2.45) is 0 Å². The fraction of sp³-hybridized carbons (Fsp3) is 0.385. The van der Waals surface area contributed by atoms with Crippen LogP contribution in [0.1, 0.15) is 6.92 Å². The molecule has 0 aliphatic heterocycles. The molecule has 0 amide bonds. The van der Waals surface area contributed by atoms with Gasteiger partial charge in [0.05, 0.1) is 20.8 Å². The van der Waals surface area contributed by atoms with Crippen LogP contribution >= 0.6 is 15.9 Å². The summed E-state index contributed by atoms with van der Waals surface area (Å²) in [5, 5.41) is 3.95. The van der Waals surface area contributed by atoms with Gasteiger partial charge >= 0.3 is 0 Å². The summed E-state index contributed by atoms with van der Waals surface area (Å²) in [5.74, 6) is 0.772. The molecule has 126 valence electrons. The molecule has 10 heteroatoms. The van der Waals surface area contributed by atoms with E-state index in [-0.39, 0.29) is 10.9 Å². The van der Waals surface area contributed by atoms with Crippen molar-refractivity contribution in [2.45, 2.75) is 24.4 Å². The van der Waals surface area contributed by atoms with Gasteiger partial charge in [-0.2, -0.15) is 5.10 Å². The number of nitrogens with one attached hydrogen (secondary N) is 1. The second kappa shape index (κ2) is 7.28. The molecule has 1 heterocycles.